The van der Waals surface area contributed by atoms with Gasteiger partial charge in [-0.2, -0.15) is 0 Å². The Morgan fingerprint density at radius 1 is 1.11 bits per heavy atom. The minimum atomic E-state index is -0.230. The number of carbonyl (C=O) groups is 2. The molecule has 106 valence electrons. The molecule has 0 aromatic heterocycles. The van der Waals surface area contributed by atoms with E-state index >= 15 is 0 Å². The van der Waals surface area contributed by atoms with Gasteiger partial charge in [0.05, 0.1) is 13.0 Å². The molecule has 0 bridgehead atoms. The molecule has 0 aromatic rings. The van der Waals surface area contributed by atoms with Crippen molar-refractivity contribution in [2.45, 2.75) is 65.8 Å². The normalized spacial score (nSPS) is 12.3. The Kier molecular flexibility index (Phi) is 9.33. The average Bonchev–Trinajstić information content (AvgIpc) is 2.30. The number of amides is 1. The molecule has 0 saturated carbocycles. The number of hydrogen-bond donors (Lipinski definition) is 1. The van der Waals surface area contributed by atoms with Crippen LogP contribution in [0.4, 0.5) is 0 Å². The van der Waals surface area contributed by atoms with Gasteiger partial charge in [0.2, 0.25) is 5.91 Å². The SMILES string of the molecule is CCCC(=O)N[C@H](CC(=O)OCC)C(CC)CC. The number of esters is 1. The maximum Gasteiger partial charge on any atom is 0.307 e. The molecule has 0 heterocycles. The van der Waals surface area contributed by atoms with Gasteiger partial charge in [0.1, 0.15) is 0 Å². The molecule has 4 nitrogen and oxygen atoms in total. The van der Waals surface area contributed by atoms with Crippen molar-refractivity contribution in [3.05, 3.63) is 0 Å². The van der Waals surface area contributed by atoms with Crippen LogP contribution in [0.25, 0.3) is 0 Å². The second kappa shape index (κ2) is 9.92. The number of ether oxygens (including phenoxy) is 1. The molecular weight excluding hydrogens is 230 g/mol. The number of rotatable bonds is 9. The third-order valence-electron chi connectivity index (χ3n) is 3.13. The monoisotopic (exact) mass is 257 g/mol. The van der Waals surface area contributed by atoms with Gasteiger partial charge in [0, 0.05) is 12.5 Å². The van der Waals surface area contributed by atoms with Crippen molar-refractivity contribution < 1.29 is 14.3 Å². The molecule has 0 rings (SSSR count). The Hall–Kier alpha value is -1.06. The minimum absolute atomic E-state index is 0.0266. The van der Waals surface area contributed by atoms with Crippen molar-refractivity contribution in [2.24, 2.45) is 5.92 Å². The lowest BCUT2D eigenvalue weighted by molar-refractivity contribution is -0.144. The quantitative estimate of drug-likeness (QED) is 0.646. The fourth-order valence-corrected chi connectivity index (χ4v) is 2.10. The van der Waals surface area contributed by atoms with Crippen LogP contribution in [0, 0.1) is 5.92 Å². The van der Waals surface area contributed by atoms with Gasteiger partial charge in [-0.1, -0.05) is 33.6 Å². The molecule has 1 N–H and O–H groups in total. The van der Waals surface area contributed by atoms with Crippen LogP contribution in [0.1, 0.15) is 59.8 Å². The molecule has 1 amide bonds. The first kappa shape index (κ1) is 16.9. The zero-order valence-corrected chi connectivity index (χ0v) is 12.1. The summed E-state index contributed by atoms with van der Waals surface area (Å²) >= 11 is 0. The highest BCUT2D eigenvalue weighted by molar-refractivity contribution is 5.77. The van der Waals surface area contributed by atoms with Crippen LogP contribution >= 0.6 is 0 Å². The minimum Gasteiger partial charge on any atom is -0.466 e. The first-order valence-electron chi connectivity index (χ1n) is 7.03. The fraction of sp³-hybridized carbons (Fsp3) is 0.857. The maximum absolute atomic E-state index is 11.7. The Balaban J connectivity index is 4.50. The highest BCUT2D eigenvalue weighted by atomic mass is 16.5. The Labute approximate surface area is 110 Å². The number of nitrogens with one attached hydrogen (secondary N) is 1. The van der Waals surface area contributed by atoms with E-state index in [0.29, 0.717) is 18.9 Å². The van der Waals surface area contributed by atoms with E-state index in [0.717, 1.165) is 19.3 Å². The van der Waals surface area contributed by atoms with E-state index in [1.807, 2.05) is 6.92 Å². The Morgan fingerprint density at radius 2 is 1.72 bits per heavy atom. The third-order valence-corrected chi connectivity index (χ3v) is 3.13. The Morgan fingerprint density at radius 3 is 2.17 bits per heavy atom. The number of carbonyl (C=O) groups excluding carboxylic acids is 2. The molecule has 0 fully saturated rings. The average molecular weight is 257 g/mol. The summed E-state index contributed by atoms with van der Waals surface area (Å²) < 4.78 is 4.96. The lowest BCUT2D eigenvalue weighted by Gasteiger charge is -2.25. The third kappa shape index (κ3) is 6.62. The molecule has 18 heavy (non-hydrogen) atoms. The van der Waals surface area contributed by atoms with Gasteiger partial charge >= 0.3 is 5.97 Å². The van der Waals surface area contributed by atoms with Crippen LogP contribution in [-0.2, 0) is 14.3 Å². The zero-order valence-electron chi connectivity index (χ0n) is 12.1. The zero-order chi connectivity index (χ0) is 14.0. The topological polar surface area (TPSA) is 55.4 Å². The van der Waals surface area contributed by atoms with E-state index in [-0.39, 0.29) is 24.3 Å². The highest BCUT2D eigenvalue weighted by Crippen LogP contribution is 2.17. The molecule has 4 heteroatoms. The predicted molar refractivity (Wildman–Crippen MR) is 72.2 cm³/mol. The molecule has 0 saturated heterocycles. The van der Waals surface area contributed by atoms with Crippen LogP contribution < -0.4 is 5.32 Å². The molecular formula is C14H27NO3. The van der Waals surface area contributed by atoms with E-state index in [1.54, 1.807) is 6.92 Å². The van der Waals surface area contributed by atoms with E-state index in [4.69, 9.17) is 4.74 Å². The van der Waals surface area contributed by atoms with Gasteiger partial charge in [0.25, 0.3) is 0 Å². The second-order valence-electron chi connectivity index (χ2n) is 4.51. The van der Waals surface area contributed by atoms with Crippen LogP contribution in [0.15, 0.2) is 0 Å². The van der Waals surface area contributed by atoms with Gasteiger partial charge in [-0.05, 0) is 19.3 Å². The summed E-state index contributed by atoms with van der Waals surface area (Å²) in [6, 6.07) is -0.0990. The van der Waals surface area contributed by atoms with Gasteiger partial charge in [-0.25, -0.2) is 0 Å². The summed E-state index contributed by atoms with van der Waals surface area (Å²) in [7, 11) is 0. The van der Waals surface area contributed by atoms with Gasteiger partial charge in [-0.15, -0.1) is 0 Å². The van der Waals surface area contributed by atoms with Crippen molar-refractivity contribution in [3.8, 4) is 0 Å². The molecule has 0 aliphatic carbocycles. The molecule has 0 spiro atoms. The lowest BCUT2D eigenvalue weighted by atomic mass is 9.91. The summed E-state index contributed by atoms with van der Waals surface area (Å²) in [4.78, 5) is 23.2. The standard InChI is InChI=1S/C14H27NO3/c1-5-9-13(16)15-12(11(6-2)7-3)10-14(17)18-8-4/h11-12H,5-10H2,1-4H3,(H,15,16)/t12-/m1/s1. The van der Waals surface area contributed by atoms with Crippen molar-refractivity contribution in [3.63, 3.8) is 0 Å². The first-order chi connectivity index (χ1) is 8.58. The highest BCUT2D eigenvalue weighted by Gasteiger charge is 2.23. The summed E-state index contributed by atoms with van der Waals surface area (Å²) in [5.41, 5.74) is 0. The molecule has 0 aliphatic rings. The summed E-state index contributed by atoms with van der Waals surface area (Å²) in [5, 5.41) is 2.97. The van der Waals surface area contributed by atoms with E-state index < -0.39 is 0 Å². The van der Waals surface area contributed by atoms with Crippen molar-refractivity contribution in [2.75, 3.05) is 6.61 Å². The predicted octanol–water partition coefficient (Wildman–Crippen LogP) is 2.66. The Bertz CT molecular complexity index is 229. The smallest absolute Gasteiger partial charge is 0.307 e. The molecule has 0 aromatic carbocycles. The van der Waals surface area contributed by atoms with Crippen LogP contribution in [-0.4, -0.2) is 24.5 Å². The van der Waals surface area contributed by atoms with Gasteiger partial charge in [-0.3, -0.25) is 9.59 Å². The van der Waals surface area contributed by atoms with E-state index in [2.05, 4.69) is 19.2 Å². The largest absolute Gasteiger partial charge is 0.466 e. The first-order valence-corrected chi connectivity index (χ1v) is 7.03. The van der Waals surface area contributed by atoms with Crippen LogP contribution in [0.3, 0.4) is 0 Å². The molecule has 0 radical (unpaired) electrons. The fourth-order valence-electron chi connectivity index (χ4n) is 2.10. The lowest BCUT2D eigenvalue weighted by Crippen LogP contribution is -2.41. The van der Waals surface area contributed by atoms with E-state index in [1.165, 1.54) is 0 Å². The van der Waals surface area contributed by atoms with E-state index in [9.17, 15) is 9.59 Å². The van der Waals surface area contributed by atoms with Crippen LogP contribution in [0.2, 0.25) is 0 Å². The van der Waals surface area contributed by atoms with Gasteiger partial charge in [0.15, 0.2) is 0 Å². The van der Waals surface area contributed by atoms with Gasteiger partial charge < -0.3 is 10.1 Å². The van der Waals surface area contributed by atoms with Crippen molar-refractivity contribution in [1.29, 1.82) is 0 Å². The van der Waals surface area contributed by atoms with Crippen molar-refractivity contribution in [1.82, 2.24) is 5.32 Å². The molecule has 0 aliphatic heterocycles. The molecule has 1 atom stereocenters. The second-order valence-corrected chi connectivity index (χ2v) is 4.51. The summed E-state index contributed by atoms with van der Waals surface area (Å²) in [6.45, 7) is 8.31. The summed E-state index contributed by atoms with van der Waals surface area (Å²) in [5.74, 6) is 0.125. The van der Waals surface area contributed by atoms with Crippen LogP contribution in [0.5, 0.6) is 0 Å². The summed E-state index contributed by atoms with van der Waals surface area (Å²) in [6.07, 6.45) is 3.51. The van der Waals surface area contributed by atoms with Crippen molar-refractivity contribution >= 4 is 11.9 Å². The maximum atomic E-state index is 11.7. The molecule has 0 unspecified atom stereocenters. The number of hydrogen-bond acceptors (Lipinski definition) is 3.